The molecule has 0 saturated heterocycles. The molecule has 3 unspecified atom stereocenters. The predicted molar refractivity (Wildman–Crippen MR) is 76.1 cm³/mol. The fraction of sp³-hybridized carbons (Fsp3) is 0.933. The van der Waals surface area contributed by atoms with Gasteiger partial charge in [0.2, 0.25) is 0 Å². The van der Waals surface area contributed by atoms with Gasteiger partial charge in [-0.3, -0.25) is 4.79 Å². The van der Waals surface area contributed by atoms with Gasteiger partial charge in [0.1, 0.15) is 6.04 Å². The lowest BCUT2D eigenvalue weighted by atomic mass is 9.85. The van der Waals surface area contributed by atoms with Crippen LogP contribution in [-0.2, 0) is 14.3 Å². The minimum Gasteiger partial charge on any atom is -0.468 e. The first-order chi connectivity index (χ1) is 9.22. The van der Waals surface area contributed by atoms with Crippen LogP contribution in [0.4, 0.5) is 0 Å². The molecular formula is C15H29NO3. The zero-order valence-corrected chi connectivity index (χ0v) is 12.6. The Bertz CT molecular complexity index is 258. The van der Waals surface area contributed by atoms with Gasteiger partial charge < -0.3 is 14.8 Å². The van der Waals surface area contributed by atoms with Crippen LogP contribution in [0.25, 0.3) is 0 Å². The number of hydrogen-bond acceptors (Lipinski definition) is 4. The molecule has 1 fully saturated rings. The SMILES string of the molecule is CCNC(CCOC1CCCCC1CC)C(=O)OC. The van der Waals surface area contributed by atoms with Gasteiger partial charge in [-0.15, -0.1) is 0 Å². The van der Waals surface area contributed by atoms with Crippen molar-refractivity contribution in [3.05, 3.63) is 0 Å². The van der Waals surface area contributed by atoms with Crippen LogP contribution in [0, 0.1) is 5.92 Å². The topological polar surface area (TPSA) is 47.6 Å². The van der Waals surface area contributed by atoms with Gasteiger partial charge in [-0.25, -0.2) is 0 Å². The zero-order chi connectivity index (χ0) is 14.1. The average molecular weight is 271 g/mol. The maximum atomic E-state index is 11.6. The molecule has 3 atom stereocenters. The van der Waals surface area contributed by atoms with Crippen LogP contribution in [-0.4, -0.2) is 38.4 Å². The summed E-state index contributed by atoms with van der Waals surface area (Å²) in [4.78, 5) is 11.6. The highest BCUT2D eigenvalue weighted by molar-refractivity contribution is 5.75. The molecule has 1 aliphatic carbocycles. The molecule has 19 heavy (non-hydrogen) atoms. The monoisotopic (exact) mass is 271 g/mol. The third-order valence-corrected chi connectivity index (χ3v) is 4.04. The fourth-order valence-electron chi connectivity index (χ4n) is 2.89. The van der Waals surface area contributed by atoms with E-state index in [1.807, 2.05) is 6.92 Å². The highest BCUT2D eigenvalue weighted by atomic mass is 16.5. The average Bonchev–Trinajstić information content (AvgIpc) is 2.46. The van der Waals surface area contributed by atoms with Gasteiger partial charge in [-0.05, 0) is 31.7 Å². The number of methoxy groups -OCH3 is 1. The molecule has 0 radical (unpaired) electrons. The van der Waals surface area contributed by atoms with Crippen molar-refractivity contribution in [1.29, 1.82) is 0 Å². The molecule has 0 amide bonds. The second kappa shape index (κ2) is 9.32. The molecule has 4 heteroatoms. The minimum atomic E-state index is -0.237. The van der Waals surface area contributed by atoms with E-state index in [0.29, 0.717) is 25.0 Å². The lowest BCUT2D eigenvalue weighted by molar-refractivity contribution is -0.144. The Morgan fingerprint density at radius 3 is 2.68 bits per heavy atom. The van der Waals surface area contributed by atoms with Crippen molar-refractivity contribution < 1.29 is 14.3 Å². The molecule has 0 heterocycles. The summed E-state index contributed by atoms with van der Waals surface area (Å²) < 4.78 is 10.8. The first kappa shape index (κ1) is 16.4. The van der Waals surface area contributed by atoms with E-state index in [4.69, 9.17) is 9.47 Å². The highest BCUT2D eigenvalue weighted by Gasteiger charge is 2.25. The molecule has 4 nitrogen and oxygen atoms in total. The minimum absolute atomic E-state index is 0.193. The normalized spacial score (nSPS) is 25.0. The third kappa shape index (κ3) is 5.49. The zero-order valence-electron chi connectivity index (χ0n) is 12.6. The van der Waals surface area contributed by atoms with Crippen LogP contribution >= 0.6 is 0 Å². The molecule has 0 aromatic rings. The molecule has 0 aliphatic heterocycles. The number of carbonyl (C=O) groups is 1. The number of rotatable bonds is 8. The molecule has 1 aliphatic rings. The van der Waals surface area contributed by atoms with Crippen molar-refractivity contribution in [1.82, 2.24) is 5.32 Å². The van der Waals surface area contributed by atoms with Gasteiger partial charge in [0.25, 0.3) is 0 Å². The van der Waals surface area contributed by atoms with E-state index in [9.17, 15) is 4.79 Å². The molecule has 0 bridgehead atoms. The summed E-state index contributed by atoms with van der Waals surface area (Å²) in [6.07, 6.45) is 7.33. The van der Waals surface area contributed by atoms with E-state index in [2.05, 4.69) is 12.2 Å². The van der Waals surface area contributed by atoms with Gasteiger partial charge in [0.15, 0.2) is 0 Å². The highest BCUT2D eigenvalue weighted by Crippen LogP contribution is 2.29. The lowest BCUT2D eigenvalue weighted by Crippen LogP contribution is -2.39. The number of nitrogens with one attached hydrogen (secondary N) is 1. The van der Waals surface area contributed by atoms with Crippen LogP contribution < -0.4 is 5.32 Å². The molecule has 1 rings (SSSR count). The number of carbonyl (C=O) groups excluding carboxylic acids is 1. The Kier molecular flexibility index (Phi) is 8.07. The first-order valence-electron chi connectivity index (χ1n) is 7.65. The van der Waals surface area contributed by atoms with Crippen LogP contribution in [0.1, 0.15) is 52.4 Å². The van der Waals surface area contributed by atoms with E-state index in [-0.39, 0.29) is 12.0 Å². The predicted octanol–water partition coefficient (Wildman–Crippen LogP) is 2.51. The maximum Gasteiger partial charge on any atom is 0.322 e. The Balaban J connectivity index is 2.31. The fourth-order valence-corrected chi connectivity index (χ4v) is 2.89. The van der Waals surface area contributed by atoms with E-state index in [1.165, 1.54) is 39.2 Å². The van der Waals surface area contributed by atoms with E-state index in [0.717, 1.165) is 6.54 Å². The van der Waals surface area contributed by atoms with Gasteiger partial charge in [-0.2, -0.15) is 0 Å². The van der Waals surface area contributed by atoms with Gasteiger partial charge >= 0.3 is 5.97 Å². The smallest absolute Gasteiger partial charge is 0.322 e. The summed E-state index contributed by atoms with van der Waals surface area (Å²) >= 11 is 0. The summed E-state index contributed by atoms with van der Waals surface area (Å²) in [7, 11) is 1.43. The summed E-state index contributed by atoms with van der Waals surface area (Å²) in [5.41, 5.74) is 0. The summed E-state index contributed by atoms with van der Waals surface area (Å²) in [6, 6.07) is -0.237. The summed E-state index contributed by atoms with van der Waals surface area (Å²) in [5.74, 6) is 0.505. The molecule has 0 aromatic carbocycles. The summed E-state index contributed by atoms with van der Waals surface area (Å²) in [6.45, 7) is 5.63. The van der Waals surface area contributed by atoms with Gasteiger partial charge in [-0.1, -0.05) is 33.1 Å². The molecular weight excluding hydrogens is 242 g/mol. The standard InChI is InChI=1S/C15H29NO3/c1-4-12-8-6-7-9-14(12)19-11-10-13(16-5-2)15(17)18-3/h12-14,16H,4-11H2,1-3H3. The number of hydrogen-bond donors (Lipinski definition) is 1. The molecule has 112 valence electrons. The van der Waals surface area contributed by atoms with E-state index in [1.54, 1.807) is 0 Å². The van der Waals surface area contributed by atoms with Crippen molar-refractivity contribution in [2.75, 3.05) is 20.3 Å². The van der Waals surface area contributed by atoms with E-state index >= 15 is 0 Å². The van der Waals surface area contributed by atoms with Gasteiger partial charge in [0, 0.05) is 6.61 Å². The largest absolute Gasteiger partial charge is 0.468 e. The first-order valence-corrected chi connectivity index (χ1v) is 7.65. The van der Waals surface area contributed by atoms with Crippen LogP contribution in [0.15, 0.2) is 0 Å². The second-order valence-corrected chi connectivity index (χ2v) is 5.28. The van der Waals surface area contributed by atoms with Crippen molar-refractivity contribution in [2.24, 2.45) is 5.92 Å². The van der Waals surface area contributed by atoms with Crippen LogP contribution in [0.5, 0.6) is 0 Å². The van der Waals surface area contributed by atoms with Crippen molar-refractivity contribution in [2.45, 2.75) is 64.5 Å². The molecule has 1 saturated carbocycles. The van der Waals surface area contributed by atoms with Crippen molar-refractivity contribution in [3.63, 3.8) is 0 Å². The van der Waals surface area contributed by atoms with Crippen molar-refractivity contribution >= 4 is 5.97 Å². The van der Waals surface area contributed by atoms with Crippen molar-refractivity contribution in [3.8, 4) is 0 Å². The number of likely N-dealkylation sites (N-methyl/N-ethyl adjacent to an activating group) is 1. The number of ether oxygens (including phenoxy) is 2. The second-order valence-electron chi connectivity index (χ2n) is 5.28. The Morgan fingerprint density at radius 1 is 1.32 bits per heavy atom. The Hall–Kier alpha value is -0.610. The molecule has 0 aromatic heterocycles. The molecule has 1 N–H and O–H groups in total. The van der Waals surface area contributed by atoms with E-state index < -0.39 is 0 Å². The Labute approximate surface area is 117 Å². The quantitative estimate of drug-likeness (QED) is 0.689. The molecule has 0 spiro atoms. The van der Waals surface area contributed by atoms with Crippen LogP contribution in [0.2, 0.25) is 0 Å². The third-order valence-electron chi connectivity index (χ3n) is 4.04. The number of esters is 1. The lowest BCUT2D eigenvalue weighted by Gasteiger charge is -2.31. The summed E-state index contributed by atoms with van der Waals surface area (Å²) in [5, 5.41) is 3.14. The maximum absolute atomic E-state index is 11.6. The van der Waals surface area contributed by atoms with Gasteiger partial charge in [0.05, 0.1) is 13.2 Å². The Morgan fingerprint density at radius 2 is 2.05 bits per heavy atom. The van der Waals surface area contributed by atoms with Crippen LogP contribution in [0.3, 0.4) is 0 Å².